The lowest BCUT2D eigenvalue weighted by Gasteiger charge is -2.35. The predicted octanol–water partition coefficient (Wildman–Crippen LogP) is 2.25. The molecule has 4 heterocycles. The lowest BCUT2D eigenvalue weighted by atomic mass is 9.96. The molecule has 4 rings (SSSR count). The van der Waals surface area contributed by atoms with Crippen molar-refractivity contribution in [3.8, 4) is 0 Å². The summed E-state index contributed by atoms with van der Waals surface area (Å²) in [5, 5.41) is 7.34. The van der Waals surface area contributed by atoms with Crippen LogP contribution in [0.4, 0.5) is 5.13 Å². The SMILES string of the molecule is O=C([C@@H]1CCCN(c2nccs2)C1)N1CCC[C@@H]1Cn1cccn1. The van der Waals surface area contributed by atoms with Gasteiger partial charge in [0.15, 0.2) is 5.13 Å². The lowest BCUT2D eigenvalue weighted by Crippen LogP contribution is -2.47. The van der Waals surface area contributed by atoms with Crippen LogP contribution in [0, 0.1) is 5.92 Å². The Morgan fingerprint density at radius 3 is 2.96 bits per heavy atom. The Morgan fingerprint density at radius 2 is 2.17 bits per heavy atom. The number of thiazole rings is 1. The van der Waals surface area contributed by atoms with E-state index in [1.54, 1.807) is 17.5 Å². The Bertz CT molecular complexity index is 657. The van der Waals surface area contributed by atoms with E-state index in [1.807, 2.05) is 28.5 Å². The van der Waals surface area contributed by atoms with E-state index < -0.39 is 0 Å². The normalized spacial score (nSPS) is 24.5. The highest BCUT2D eigenvalue weighted by atomic mass is 32.1. The zero-order valence-corrected chi connectivity index (χ0v) is 14.6. The van der Waals surface area contributed by atoms with Gasteiger partial charge >= 0.3 is 0 Å². The number of carbonyl (C=O) groups is 1. The number of likely N-dealkylation sites (tertiary alicyclic amines) is 1. The second-order valence-corrected chi connectivity index (χ2v) is 7.53. The molecule has 2 saturated heterocycles. The van der Waals surface area contributed by atoms with Gasteiger partial charge in [0.25, 0.3) is 0 Å². The number of anilines is 1. The number of amides is 1. The van der Waals surface area contributed by atoms with Crippen LogP contribution in [0.25, 0.3) is 0 Å². The average molecular weight is 345 g/mol. The molecular weight excluding hydrogens is 322 g/mol. The van der Waals surface area contributed by atoms with E-state index in [4.69, 9.17) is 0 Å². The number of aromatic nitrogens is 3. The minimum Gasteiger partial charge on any atom is -0.347 e. The molecule has 0 spiro atoms. The Hall–Kier alpha value is -1.89. The first-order chi connectivity index (χ1) is 11.8. The second kappa shape index (κ2) is 6.93. The molecule has 0 radical (unpaired) electrons. The molecule has 0 N–H and O–H groups in total. The molecule has 7 heteroatoms. The molecule has 0 saturated carbocycles. The number of nitrogens with zero attached hydrogens (tertiary/aromatic N) is 5. The van der Waals surface area contributed by atoms with Gasteiger partial charge in [0.05, 0.1) is 18.5 Å². The van der Waals surface area contributed by atoms with Crippen LogP contribution in [0.1, 0.15) is 25.7 Å². The van der Waals surface area contributed by atoms with Gasteiger partial charge in [0, 0.05) is 43.6 Å². The van der Waals surface area contributed by atoms with Gasteiger partial charge in [-0.3, -0.25) is 9.48 Å². The first-order valence-electron chi connectivity index (χ1n) is 8.73. The van der Waals surface area contributed by atoms with Crippen LogP contribution in [-0.4, -0.2) is 51.2 Å². The van der Waals surface area contributed by atoms with Crippen molar-refractivity contribution in [3.63, 3.8) is 0 Å². The quantitative estimate of drug-likeness (QED) is 0.853. The molecule has 2 aromatic rings. The van der Waals surface area contributed by atoms with E-state index in [-0.39, 0.29) is 12.0 Å². The van der Waals surface area contributed by atoms with E-state index in [1.165, 1.54) is 0 Å². The number of hydrogen-bond acceptors (Lipinski definition) is 5. The van der Waals surface area contributed by atoms with Gasteiger partial charge in [-0.2, -0.15) is 5.10 Å². The lowest BCUT2D eigenvalue weighted by molar-refractivity contribution is -0.136. The van der Waals surface area contributed by atoms with Crippen molar-refractivity contribution >= 4 is 22.4 Å². The first kappa shape index (κ1) is 15.6. The van der Waals surface area contributed by atoms with Crippen LogP contribution in [0.15, 0.2) is 30.0 Å². The minimum atomic E-state index is 0.0980. The Labute approximate surface area is 146 Å². The van der Waals surface area contributed by atoms with Crippen LogP contribution in [0.2, 0.25) is 0 Å². The third-order valence-electron chi connectivity index (χ3n) is 5.08. The zero-order valence-electron chi connectivity index (χ0n) is 13.8. The Morgan fingerprint density at radius 1 is 1.25 bits per heavy atom. The van der Waals surface area contributed by atoms with Gasteiger partial charge in [-0.05, 0) is 31.7 Å². The van der Waals surface area contributed by atoms with Crippen molar-refractivity contribution in [2.24, 2.45) is 5.92 Å². The summed E-state index contributed by atoms with van der Waals surface area (Å²) in [5.74, 6) is 0.423. The maximum Gasteiger partial charge on any atom is 0.227 e. The molecular formula is C17H23N5OS. The highest BCUT2D eigenvalue weighted by Gasteiger charge is 2.35. The molecule has 0 aromatic carbocycles. The van der Waals surface area contributed by atoms with Crippen molar-refractivity contribution in [2.75, 3.05) is 24.5 Å². The smallest absolute Gasteiger partial charge is 0.227 e. The highest BCUT2D eigenvalue weighted by Crippen LogP contribution is 2.28. The maximum atomic E-state index is 13.1. The molecule has 2 fully saturated rings. The van der Waals surface area contributed by atoms with E-state index in [2.05, 4.69) is 19.9 Å². The molecule has 128 valence electrons. The molecule has 0 unspecified atom stereocenters. The van der Waals surface area contributed by atoms with Crippen LogP contribution >= 0.6 is 11.3 Å². The first-order valence-corrected chi connectivity index (χ1v) is 9.61. The van der Waals surface area contributed by atoms with Crippen molar-refractivity contribution in [1.29, 1.82) is 0 Å². The van der Waals surface area contributed by atoms with Crippen molar-refractivity contribution in [2.45, 2.75) is 38.3 Å². The van der Waals surface area contributed by atoms with E-state index in [9.17, 15) is 4.79 Å². The molecule has 1 amide bonds. The number of piperidine rings is 1. The van der Waals surface area contributed by atoms with Crippen LogP contribution < -0.4 is 4.90 Å². The molecule has 2 atom stereocenters. The number of rotatable bonds is 4. The van der Waals surface area contributed by atoms with Gasteiger partial charge < -0.3 is 9.80 Å². The molecule has 2 aromatic heterocycles. The number of hydrogen-bond donors (Lipinski definition) is 0. The topological polar surface area (TPSA) is 54.3 Å². The standard InChI is InChI=1S/C17H23N5OS/c23-16(14-4-1-8-20(12-14)17-18-7-11-24-17)22-10-2-5-15(22)13-21-9-3-6-19-21/h3,6-7,9,11,14-15H,1-2,4-5,8,10,12-13H2/t14-,15-/m1/s1. The van der Waals surface area contributed by atoms with Gasteiger partial charge in [0.1, 0.15) is 0 Å². The molecule has 2 aliphatic rings. The minimum absolute atomic E-state index is 0.0980. The zero-order chi connectivity index (χ0) is 16.4. The van der Waals surface area contributed by atoms with Gasteiger partial charge in [0.2, 0.25) is 5.91 Å². The summed E-state index contributed by atoms with van der Waals surface area (Å²) in [5.41, 5.74) is 0. The van der Waals surface area contributed by atoms with E-state index in [0.29, 0.717) is 5.91 Å². The van der Waals surface area contributed by atoms with E-state index in [0.717, 1.165) is 57.0 Å². The van der Waals surface area contributed by atoms with Crippen LogP contribution in [0.3, 0.4) is 0 Å². The van der Waals surface area contributed by atoms with E-state index >= 15 is 0 Å². The molecule has 0 bridgehead atoms. The molecule has 0 aliphatic carbocycles. The fourth-order valence-electron chi connectivity index (χ4n) is 3.90. The fourth-order valence-corrected chi connectivity index (χ4v) is 4.58. The summed E-state index contributed by atoms with van der Waals surface area (Å²) < 4.78 is 1.94. The monoisotopic (exact) mass is 345 g/mol. The second-order valence-electron chi connectivity index (χ2n) is 6.66. The summed E-state index contributed by atoms with van der Waals surface area (Å²) in [6.45, 7) is 3.51. The van der Waals surface area contributed by atoms with Crippen molar-refractivity contribution in [3.05, 3.63) is 30.0 Å². The number of carbonyl (C=O) groups excluding carboxylic acids is 1. The fraction of sp³-hybridized carbons (Fsp3) is 0.588. The average Bonchev–Trinajstić information content (AvgIpc) is 3.37. The summed E-state index contributed by atoms with van der Waals surface area (Å²) in [4.78, 5) is 21.9. The van der Waals surface area contributed by atoms with Crippen LogP contribution in [0.5, 0.6) is 0 Å². The maximum absolute atomic E-state index is 13.1. The summed E-state index contributed by atoms with van der Waals surface area (Å²) in [6.07, 6.45) is 9.85. The van der Waals surface area contributed by atoms with Gasteiger partial charge in [-0.15, -0.1) is 11.3 Å². The van der Waals surface area contributed by atoms with Crippen LogP contribution in [-0.2, 0) is 11.3 Å². The highest BCUT2D eigenvalue weighted by molar-refractivity contribution is 7.13. The molecule has 6 nitrogen and oxygen atoms in total. The Kier molecular flexibility index (Phi) is 4.51. The van der Waals surface area contributed by atoms with Crippen molar-refractivity contribution in [1.82, 2.24) is 19.7 Å². The summed E-state index contributed by atoms with van der Waals surface area (Å²) >= 11 is 1.66. The largest absolute Gasteiger partial charge is 0.347 e. The van der Waals surface area contributed by atoms with Crippen molar-refractivity contribution < 1.29 is 4.79 Å². The summed E-state index contributed by atoms with van der Waals surface area (Å²) in [6, 6.07) is 2.22. The molecule has 24 heavy (non-hydrogen) atoms. The van der Waals surface area contributed by atoms with Gasteiger partial charge in [-0.25, -0.2) is 4.98 Å². The van der Waals surface area contributed by atoms with Gasteiger partial charge in [-0.1, -0.05) is 0 Å². The third kappa shape index (κ3) is 3.17. The third-order valence-corrected chi connectivity index (χ3v) is 5.91. The molecule has 2 aliphatic heterocycles. The Balaban J connectivity index is 1.42. The predicted molar refractivity (Wildman–Crippen MR) is 94.0 cm³/mol. The summed E-state index contributed by atoms with van der Waals surface area (Å²) in [7, 11) is 0.